The van der Waals surface area contributed by atoms with Gasteiger partial charge in [-0.3, -0.25) is 9.59 Å². The molecule has 8 nitrogen and oxygen atoms in total. The molecule has 2 heterocycles. The molecule has 0 spiro atoms. The fourth-order valence-electron chi connectivity index (χ4n) is 4.11. The second-order valence-corrected chi connectivity index (χ2v) is 8.12. The largest absolute Gasteiger partial charge is 0.482 e. The number of carboxylic acids is 1. The summed E-state index contributed by atoms with van der Waals surface area (Å²) in [6.07, 6.45) is 5.84. The molecule has 1 aliphatic heterocycles. The van der Waals surface area contributed by atoms with Gasteiger partial charge in [0.25, 0.3) is 5.91 Å². The van der Waals surface area contributed by atoms with Crippen LogP contribution in [0.1, 0.15) is 36.3 Å². The summed E-state index contributed by atoms with van der Waals surface area (Å²) in [7, 11) is 0. The molecular weight excluding hydrogens is 420 g/mol. The number of aliphatic carboxylic acids is 1. The Morgan fingerprint density at radius 3 is 2.82 bits per heavy atom. The molecule has 0 bridgehead atoms. The Kier molecular flexibility index (Phi) is 7.24. The van der Waals surface area contributed by atoms with Crippen LogP contribution in [0.4, 0.5) is 11.6 Å². The number of rotatable bonds is 11. The minimum atomic E-state index is -0.823. The molecule has 4 rings (SSSR count). The maximum absolute atomic E-state index is 12.5. The predicted octanol–water partition coefficient (Wildman–Crippen LogP) is 3.83. The Morgan fingerprint density at radius 2 is 2.06 bits per heavy atom. The Labute approximate surface area is 192 Å². The third kappa shape index (κ3) is 5.91. The number of imidazole rings is 1. The van der Waals surface area contributed by atoms with Crippen LogP contribution in [0.2, 0.25) is 0 Å². The number of carboxylic acid groups (broad SMARTS) is 1. The highest BCUT2D eigenvalue weighted by Crippen LogP contribution is 2.35. The van der Waals surface area contributed by atoms with Gasteiger partial charge in [0, 0.05) is 25.5 Å². The number of carbonyl (C=O) groups excluding carboxylic acids is 1. The average molecular weight is 449 g/mol. The normalized spacial score (nSPS) is 13.8. The van der Waals surface area contributed by atoms with Crippen LogP contribution in [-0.2, 0) is 16.0 Å². The van der Waals surface area contributed by atoms with Gasteiger partial charge in [-0.25, -0.2) is 4.98 Å². The SMILES string of the molecule is O=C(O)CC(Cc1ccc2c(c1)OCC(=O)N2CCCCNc1ncc[nH]1)c1ccccc1. The van der Waals surface area contributed by atoms with E-state index in [0.717, 1.165) is 42.1 Å². The third-order valence-corrected chi connectivity index (χ3v) is 5.74. The summed E-state index contributed by atoms with van der Waals surface area (Å²) in [4.78, 5) is 32.8. The fourth-order valence-corrected chi connectivity index (χ4v) is 4.11. The number of hydrogen-bond donors (Lipinski definition) is 3. The first-order chi connectivity index (χ1) is 16.1. The number of fused-ring (bicyclic) bond motifs is 1. The number of anilines is 2. The zero-order valence-electron chi connectivity index (χ0n) is 18.4. The number of H-pyrrole nitrogens is 1. The van der Waals surface area contributed by atoms with Crippen LogP contribution in [0.3, 0.4) is 0 Å². The first-order valence-corrected chi connectivity index (χ1v) is 11.2. The average Bonchev–Trinajstić information content (AvgIpc) is 3.33. The van der Waals surface area contributed by atoms with Crippen molar-refractivity contribution in [1.82, 2.24) is 9.97 Å². The maximum atomic E-state index is 12.5. The van der Waals surface area contributed by atoms with Gasteiger partial charge in [0.05, 0.1) is 12.1 Å². The van der Waals surface area contributed by atoms with E-state index in [1.165, 1.54) is 0 Å². The van der Waals surface area contributed by atoms with Crippen LogP contribution in [0.5, 0.6) is 5.75 Å². The van der Waals surface area contributed by atoms with Crippen molar-refractivity contribution in [2.24, 2.45) is 0 Å². The maximum Gasteiger partial charge on any atom is 0.303 e. The van der Waals surface area contributed by atoms with Crippen LogP contribution in [-0.4, -0.2) is 46.6 Å². The lowest BCUT2D eigenvalue weighted by Crippen LogP contribution is -2.39. The second kappa shape index (κ2) is 10.7. The van der Waals surface area contributed by atoms with Crippen LogP contribution in [0, 0.1) is 0 Å². The number of aromatic amines is 1. The first-order valence-electron chi connectivity index (χ1n) is 11.2. The summed E-state index contributed by atoms with van der Waals surface area (Å²) in [5.41, 5.74) is 2.75. The molecule has 1 unspecified atom stereocenters. The van der Waals surface area contributed by atoms with Crippen molar-refractivity contribution in [2.45, 2.75) is 31.6 Å². The fraction of sp³-hybridized carbons (Fsp3) is 0.320. The number of hydrogen-bond acceptors (Lipinski definition) is 5. The van der Waals surface area contributed by atoms with Gasteiger partial charge >= 0.3 is 5.97 Å². The van der Waals surface area contributed by atoms with Gasteiger partial charge in [-0.1, -0.05) is 36.4 Å². The molecule has 0 radical (unpaired) electrons. The third-order valence-electron chi connectivity index (χ3n) is 5.74. The minimum absolute atomic E-state index is 0.0122. The Hall–Kier alpha value is -3.81. The van der Waals surface area contributed by atoms with E-state index in [-0.39, 0.29) is 24.9 Å². The molecule has 0 saturated heterocycles. The van der Waals surface area contributed by atoms with E-state index in [0.29, 0.717) is 18.7 Å². The number of nitrogens with zero attached hydrogens (tertiary/aromatic N) is 2. The summed E-state index contributed by atoms with van der Waals surface area (Å²) >= 11 is 0. The molecule has 0 aliphatic carbocycles. The number of aromatic nitrogens is 2. The molecular formula is C25H28N4O4. The lowest BCUT2D eigenvalue weighted by molar-refractivity contribution is -0.137. The summed E-state index contributed by atoms with van der Waals surface area (Å²) in [6, 6.07) is 15.5. The van der Waals surface area contributed by atoms with Gasteiger partial charge in [0.15, 0.2) is 12.6 Å². The molecule has 1 aliphatic rings. The summed E-state index contributed by atoms with van der Waals surface area (Å²) in [5.74, 6) is 0.401. The second-order valence-electron chi connectivity index (χ2n) is 8.12. The van der Waals surface area contributed by atoms with Crippen LogP contribution in [0.15, 0.2) is 60.9 Å². The molecule has 1 atom stereocenters. The Morgan fingerprint density at radius 1 is 1.21 bits per heavy atom. The van der Waals surface area contributed by atoms with E-state index in [1.54, 1.807) is 17.3 Å². The van der Waals surface area contributed by atoms with Gasteiger partial charge in [-0.15, -0.1) is 0 Å². The predicted molar refractivity (Wildman–Crippen MR) is 126 cm³/mol. The number of ether oxygens (including phenoxy) is 1. The van der Waals surface area contributed by atoms with Crippen LogP contribution < -0.4 is 15.0 Å². The van der Waals surface area contributed by atoms with Crippen molar-refractivity contribution in [3.63, 3.8) is 0 Å². The highest BCUT2D eigenvalue weighted by molar-refractivity contribution is 5.97. The highest BCUT2D eigenvalue weighted by atomic mass is 16.5. The topological polar surface area (TPSA) is 108 Å². The number of benzene rings is 2. The standard InChI is InChI=1S/C25H28N4O4/c30-23-17-33-22-15-18(14-20(16-24(31)32)19-6-2-1-3-7-19)8-9-21(22)29(23)13-5-4-10-26-25-27-11-12-28-25/h1-3,6-9,11-12,15,20H,4-5,10,13-14,16-17H2,(H,31,32)(H2,26,27,28). The smallest absolute Gasteiger partial charge is 0.303 e. The zero-order chi connectivity index (χ0) is 23.0. The molecule has 0 fully saturated rings. The van der Waals surface area contributed by atoms with E-state index in [9.17, 15) is 14.7 Å². The zero-order valence-corrected chi connectivity index (χ0v) is 18.4. The van der Waals surface area contributed by atoms with E-state index in [4.69, 9.17) is 4.74 Å². The van der Waals surface area contributed by atoms with Gasteiger partial charge in [0.1, 0.15) is 5.75 Å². The summed E-state index contributed by atoms with van der Waals surface area (Å²) in [5, 5.41) is 12.6. The molecule has 2 aromatic carbocycles. The van der Waals surface area contributed by atoms with Crippen molar-refractivity contribution in [3.8, 4) is 5.75 Å². The molecule has 1 amide bonds. The van der Waals surface area contributed by atoms with Gasteiger partial charge < -0.3 is 25.0 Å². The van der Waals surface area contributed by atoms with Crippen LogP contribution in [0.25, 0.3) is 0 Å². The Balaban J connectivity index is 1.40. The van der Waals surface area contributed by atoms with Gasteiger partial charge in [0.2, 0.25) is 0 Å². The minimum Gasteiger partial charge on any atom is -0.482 e. The number of amides is 1. The van der Waals surface area contributed by atoms with Crippen molar-refractivity contribution >= 4 is 23.5 Å². The monoisotopic (exact) mass is 448 g/mol. The van der Waals surface area contributed by atoms with E-state index >= 15 is 0 Å². The lowest BCUT2D eigenvalue weighted by Gasteiger charge is -2.30. The molecule has 3 N–H and O–H groups in total. The molecule has 172 valence electrons. The quantitative estimate of drug-likeness (QED) is 0.385. The lowest BCUT2D eigenvalue weighted by atomic mass is 9.89. The highest BCUT2D eigenvalue weighted by Gasteiger charge is 2.26. The van der Waals surface area contributed by atoms with Crippen molar-refractivity contribution in [1.29, 1.82) is 0 Å². The number of carbonyl (C=O) groups is 2. The molecule has 33 heavy (non-hydrogen) atoms. The molecule has 0 saturated carbocycles. The van der Waals surface area contributed by atoms with E-state index in [2.05, 4.69) is 15.3 Å². The van der Waals surface area contributed by atoms with Crippen molar-refractivity contribution in [3.05, 3.63) is 72.1 Å². The van der Waals surface area contributed by atoms with Crippen LogP contribution >= 0.6 is 0 Å². The molecule has 1 aromatic heterocycles. The van der Waals surface area contributed by atoms with E-state index < -0.39 is 5.97 Å². The molecule has 8 heteroatoms. The molecule has 3 aromatic rings. The van der Waals surface area contributed by atoms with Crippen molar-refractivity contribution in [2.75, 3.05) is 29.9 Å². The first kappa shape index (κ1) is 22.4. The summed E-state index contributed by atoms with van der Waals surface area (Å²) < 4.78 is 5.72. The summed E-state index contributed by atoms with van der Waals surface area (Å²) in [6.45, 7) is 1.39. The van der Waals surface area contributed by atoms with Gasteiger partial charge in [-0.2, -0.15) is 0 Å². The van der Waals surface area contributed by atoms with Gasteiger partial charge in [-0.05, 0) is 48.4 Å². The Bertz CT molecular complexity index is 1070. The van der Waals surface area contributed by atoms with Crippen molar-refractivity contribution < 1.29 is 19.4 Å². The number of nitrogens with one attached hydrogen (secondary N) is 2. The van der Waals surface area contributed by atoms with E-state index in [1.807, 2.05) is 48.5 Å². The number of unbranched alkanes of at least 4 members (excludes halogenated alkanes) is 1.